The zero-order chi connectivity index (χ0) is 14.6. The second kappa shape index (κ2) is 11.9. The van der Waals surface area contributed by atoms with Crippen molar-refractivity contribution in [1.82, 2.24) is 0 Å². The predicted octanol–water partition coefficient (Wildman–Crippen LogP) is 1.72. The van der Waals surface area contributed by atoms with E-state index in [-0.39, 0.29) is 5.60 Å². The summed E-state index contributed by atoms with van der Waals surface area (Å²) in [5, 5.41) is 0. The van der Waals surface area contributed by atoms with Crippen molar-refractivity contribution < 1.29 is 4.74 Å². The van der Waals surface area contributed by atoms with Crippen LogP contribution in [0.3, 0.4) is 0 Å². The first-order valence-electron chi connectivity index (χ1n) is 7.03. The first-order valence-corrected chi connectivity index (χ1v) is 7.03. The van der Waals surface area contributed by atoms with Gasteiger partial charge in [0.05, 0.1) is 5.60 Å². The summed E-state index contributed by atoms with van der Waals surface area (Å²) in [6, 6.07) is 0. The second-order valence-electron chi connectivity index (χ2n) is 4.80. The summed E-state index contributed by atoms with van der Waals surface area (Å²) in [5.41, 5.74) is 13.8. The van der Waals surface area contributed by atoms with Gasteiger partial charge < -0.3 is 21.9 Å². The van der Waals surface area contributed by atoms with E-state index in [4.69, 9.17) is 4.74 Å². The van der Waals surface area contributed by atoms with Crippen LogP contribution in [0.25, 0.3) is 0 Å². The highest BCUT2D eigenvalue weighted by Crippen LogP contribution is 2.51. The summed E-state index contributed by atoms with van der Waals surface area (Å²) in [5.74, 6) is 1.91. The Balaban J connectivity index is 0. The Morgan fingerprint density at radius 1 is 1.00 bits per heavy atom. The van der Waals surface area contributed by atoms with Crippen LogP contribution in [0.5, 0.6) is 0 Å². The average Bonchev–Trinajstić information content (AvgIpc) is 2.86. The van der Waals surface area contributed by atoms with Gasteiger partial charge in [0.1, 0.15) is 0 Å². The van der Waals surface area contributed by atoms with Crippen molar-refractivity contribution in [1.29, 1.82) is 0 Å². The molecule has 2 unspecified atom stereocenters. The molecule has 2 rings (SSSR count). The molecule has 2 fully saturated rings. The third kappa shape index (κ3) is 6.69. The van der Waals surface area contributed by atoms with Crippen LogP contribution in [0, 0.1) is 11.8 Å². The summed E-state index contributed by atoms with van der Waals surface area (Å²) < 4.78 is 5.47. The van der Waals surface area contributed by atoms with Crippen LogP contribution in [0.15, 0.2) is 0 Å². The molecular formula is C14H35N3O. The maximum atomic E-state index is 5.47. The molecule has 0 spiro atoms. The lowest BCUT2D eigenvalue weighted by Crippen LogP contribution is -2.10. The lowest BCUT2D eigenvalue weighted by molar-refractivity contribution is 0.0778. The van der Waals surface area contributed by atoms with Gasteiger partial charge in [-0.05, 0) is 52.7 Å². The molecule has 0 radical (unpaired) electrons. The minimum Gasteiger partial charge on any atom is -0.378 e. The molecule has 0 amide bonds. The van der Waals surface area contributed by atoms with Gasteiger partial charge in [0, 0.05) is 7.11 Å². The smallest absolute Gasteiger partial charge is 0.0683 e. The van der Waals surface area contributed by atoms with Crippen LogP contribution in [-0.2, 0) is 4.74 Å². The third-order valence-corrected chi connectivity index (χ3v) is 3.91. The van der Waals surface area contributed by atoms with Crippen LogP contribution in [-0.4, -0.2) is 33.9 Å². The third-order valence-electron chi connectivity index (χ3n) is 3.91. The van der Waals surface area contributed by atoms with Crippen molar-refractivity contribution in [2.24, 2.45) is 29.0 Å². The summed E-state index contributed by atoms with van der Waals surface area (Å²) in [4.78, 5) is 0. The first-order chi connectivity index (χ1) is 8.74. The SMILES string of the molecule is CN.CN.CN.COC1(C)CC1CC1CCCC1. The maximum absolute atomic E-state index is 5.47. The highest BCUT2D eigenvalue weighted by molar-refractivity contribution is 5.02. The van der Waals surface area contributed by atoms with Gasteiger partial charge in [-0.15, -0.1) is 0 Å². The van der Waals surface area contributed by atoms with Crippen LogP contribution in [0.1, 0.15) is 45.4 Å². The molecule has 6 N–H and O–H groups in total. The van der Waals surface area contributed by atoms with E-state index in [1.807, 2.05) is 7.11 Å². The molecule has 0 aliphatic heterocycles. The fourth-order valence-electron chi connectivity index (χ4n) is 2.66. The van der Waals surface area contributed by atoms with E-state index >= 15 is 0 Å². The number of methoxy groups -OCH3 is 1. The van der Waals surface area contributed by atoms with Crippen molar-refractivity contribution >= 4 is 0 Å². The molecular weight excluding hydrogens is 226 g/mol. The van der Waals surface area contributed by atoms with E-state index < -0.39 is 0 Å². The van der Waals surface area contributed by atoms with Gasteiger partial charge >= 0.3 is 0 Å². The fourth-order valence-corrected chi connectivity index (χ4v) is 2.66. The molecule has 0 aromatic carbocycles. The number of rotatable bonds is 3. The Bertz CT molecular complexity index is 172. The average molecular weight is 261 g/mol. The molecule has 2 saturated carbocycles. The van der Waals surface area contributed by atoms with Crippen molar-refractivity contribution in [3.8, 4) is 0 Å². The Morgan fingerprint density at radius 2 is 1.44 bits per heavy atom. The molecule has 4 heteroatoms. The molecule has 0 bridgehead atoms. The summed E-state index contributed by atoms with van der Waals surface area (Å²) in [7, 11) is 6.36. The van der Waals surface area contributed by atoms with Crippen molar-refractivity contribution in [2.75, 3.05) is 28.3 Å². The molecule has 112 valence electrons. The Hall–Kier alpha value is -0.160. The topological polar surface area (TPSA) is 87.3 Å². The zero-order valence-corrected chi connectivity index (χ0v) is 13.0. The van der Waals surface area contributed by atoms with Crippen molar-refractivity contribution in [2.45, 2.75) is 51.0 Å². The van der Waals surface area contributed by atoms with Gasteiger partial charge in [0.2, 0.25) is 0 Å². The second-order valence-corrected chi connectivity index (χ2v) is 4.80. The highest BCUT2D eigenvalue weighted by atomic mass is 16.5. The van der Waals surface area contributed by atoms with E-state index in [9.17, 15) is 0 Å². The van der Waals surface area contributed by atoms with Gasteiger partial charge in [0.15, 0.2) is 0 Å². The Morgan fingerprint density at radius 3 is 1.78 bits per heavy atom. The predicted molar refractivity (Wildman–Crippen MR) is 80.4 cm³/mol. The quantitative estimate of drug-likeness (QED) is 0.722. The first kappa shape index (κ1) is 20.2. The lowest BCUT2D eigenvalue weighted by Gasteiger charge is -2.11. The number of hydrogen-bond donors (Lipinski definition) is 3. The largest absolute Gasteiger partial charge is 0.378 e. The van der Waals surface area contributed by atoms with Crippen molar-refractivity contribution in [3.63, 3.8) is 0 Å². The van der Waals surface area contributed by atoms with Gasteiger partial charge in [-0.3, -0.25) is 0 Å². The fraction of sp³-hybridized carbons (Fsp3) is 1.00. The van der Waals surface area contributed by atoms with E-state index in [1.165, 1.54) is 59.7 Å². The van der Waals surface area contributed by atoms with Crippen molar-refractivity contribution in [3.05, 3.63) is 0 Å². The van der Waals surface area contributed by atoms with Gasteiger partial charge in [-0.1, -0.05) is 25.7 Å². The summed E-state index contributed by atoms with van der Waals surface area (Å²) >= 11 is 0. The summed E-state index contributed by atoms with van der Waals surface area (Å²) in [6.45, 7) is 2.26. The van der Waals surface area contributed by atoms with Crippen LogP contribution in [0.2, 0.25) is 0 Å². The van der Waals surface area contributed by atoms with Gasteiger partial charge in [-0.25, -0.2) is 0 Å². The lowest BCUT2D eigenvalue weighted by atomic mass is 9.99. The van der Waals surface area contributed by atoms with Gasteiger partial charge in [0.25, 0.3) is 0 Å². The highest BCUT2D eigenvalue weighted by Gasteiger charge is 2.50. The van der Waals surface area contributed by atoms with E-state index in [1.54, 1.807) is 0 Å². The Labute approximate surface area is 114 Å². The van der Waals surface area contributed by atoms with Crippen LogP contribution in [0.4, 0.5) is 0 Å². The molecule has 0 saturated heterocycles. The molecule has 2 aliphatic rings. The Kier molecular flexibility index (Phi) is 13.3. The zero-order valence-electron chi connectivity index (χ0n) is 13.0. The monoisotopic (exact) mass is 261 g/mol. The summed E-state index contributed by atoms with van der Waals surface area (Å²) in [6.07, 6.45) is 8.65. The molecule has 0 heterocycles. The minimum absolute atomic E-state index is 0.266. The van der Waals surface area contributed by atoms with E-state index in [0.29, 0.717) is 0 Å². The normalized spacial score (nSPS) is 29.0. The minimum atomic E-state index is 0.266. The maximum Gasteiger partial charge on any atom is 0.0683 e. The molecule has 4 nitrogen and oxygen atoms in total. The van der Waals surface area contributed by atoms with Gasteiger partial charge in [-0.2, -0.15) is 0 Å². The van der Waals surface area contributed by atoms with Crippen LogP contribution < -0.4 is 17.2 Å². The molecule has 2 aliphatic carbocycles. The molecule has 0 aromatic heterocycles. The molecule has 18 heavy (non-hydrogen) atoms. The molecule has 2 atom stereocenters. The number of ether oxygens (including phenoxy) is 1. The number of hydrogen-bond acceptors (Lipinski definition) is 4. The van der Waals surface area contributed by atoms with E-state index in [2.05, 4.69) is 24.1 Å². The van der Waals surface area contributed by atoms with E-state index in [0.717, 1.165) is 11.8 Å². The molecule has 0 aromatic rings. The number of nitrogens with two attached hydrogens (primary N) is 3. The standard InChI is InChI=1S/C11H20O.3CH5N/c1-11(12-2)8-10(11)7-9-5-3-4-6-9;3*1-2/h9-10H,3-8H2,1-2H3;3*2H2,1H3. The van der Waals surface area contributed by atoms with Crippen LogP contribution >= 0.6 is 0 Å².